The maximum atomic E-state index is 9.87. The van der Waals surface area contributed by atoms with Gasteiger partial charge in [-0.3, -0.25) is 4.40 Å². The number of aromatic nitrogens is 2. The molecule has 12 heavy (non-hydrogen) atoms. The molecule has 5 heteroatoms. The lowest BCUT2D eigenvalue weighted by atomic mass is 10.6. The molecule has 0 fully saturated rings. The van der Waals surface area contributed by atoms with Crippen molar-refractivity contribution < 1.29 is 9.21 Å². The van der Waals surface area contributed by atoms with Crippen molar-refractivity contribution in [1.82, 2.24) is 9.38 Å². The average molecular weight is 163 g/mol. The van der Waals surface area contributed by atoms with Gasteiger partial charge in [-0.15, -0.1) is 4.99 Å². The molecule has 2 heterocycles. The Labute approximate surface area is 67.4 Å². The lowest BCUT2D eigenvalue weighted by molar-refractivity contribution is 0.562. The van der Waals surface area contributed by atoms with Crippen LogP contribution in [0.25, 0.3) is 5.84 Å². The van der Waals surface area contributed by atoms with Gasteiger partial charge in [0.15, 0.2) is 5.82 Å². The zero-order valence-electron chi connectivity index (χ0n) is 6.31. The van der Waals surface area contributed by atoms with E-state index < -0.39 is 0 Å². The molecule has 0 radical (unpaired) electrons. The molecule has 0 atom stereocenters. The molecule has 0 aliphatic rings. The molecular formula is C7H5N3O2. The standard InChI is InChI=1S/C7H5N3O2/c1-5-2-10-3-6(8-4-11)9-7(10)12-5/h2-3H,1H3. The number of isocyanates is 1. The van der Waals surface area contributed by atoms with Crippen LogP contribution in [0.15, 0.2) is 21.8 Å². The molecule has 0 aliphatic carbocycles. The monoisotopic (exact) mass is 163 g/mol. The van der Waals surface area contributed by atoms with Gasteiger partial charge in [0.2, 0.25) is 6.08 Å². The van der Waals surface area contributed by atoms with Gasteiger partial charge in [0.05, 0.1) is 12.4 Å². The fraction of sp³-hybridized carbons (Fsp3) is 0.143. The summed E-state index contributed by atoms with van der Waals surface area (Å²) in [5, 5.41) is 0. The van der Waals surface area contributed by atoms with Crippen LogP contribution in [0.4, 0.5) is 5.82 Å². The number of nitrogens with zero attached hydrogens (tertiary/aromatic N) is 3. The summed E-state index contributed by atoms with van der Waals surface area (Å²) in [6.45, 7) is 1.82. The summed E-state index contributed by atoms with van der Waals surface area (Å²) in [7, 11) is 0. The van der Waals surface area contributed by atoms with Crippen molar-refractivity contribution in [2.24, 2.45) is 4.99 Å². The molecule has 0 bridgehead atoms. The largest absolute Gasteiger partial charge is 0.428 e. The Bertz CT molecular complexity index is 430. The molecule has 0 N–H and O–H groups in total. The van der Waals surface area contributed by atoms with Gasteiger partial charge in [0, 0.05) is 0 Å². The maximum absolute atomic E-state index is 9.87. The van der Waals surface area contributed by atoms with Crippen molar-refractivity contribution in [3.8, 4) is 0 Å². The highest BCUT2D eigenvalue weighted by Crippen LogP contribution is 2.14. The van der Waals surface area contributed by atoms with Crippen LogP contribution in [-0.2, 0) is 4.79 Å². The van der Waals surface area contributed by atoms with E-state index in [-0.39, 0.29) is 0 Å². The van der Waals surface area contributed by atoms with Crippen LogP contribution in [0.1, 0.15) is 5.76 Å². The van der Waals surface area contributed by atoms with Gasteiger partial charge < -0.3 is 4.42 Å². The van der Waals surface area contributed by atoms with Crippen LogP contribution in [0.2, 0.25) is 0 Å². The number of hydrogen-bond acceptors (Lipinski definition) is 4. The Balaban J connectivity index is 2.64. The summed E-state index contributed by atoms with van der Waals surface area (Å²) >= 11 is 0. The quantitative estimate of drug-likeness (QED) is 0.468. The number of aliphatic imine (C=N–C) groups is 1. The second-order valence-corrected chi connectivity index (χ2v) is 2.33. The van der Waals surface area contributed by atoms with Crippen molar-refractivity contribution in [2.45, 2.75) is 6.92 Å². The highest BCUT2D eigenvalue weighted by molar-refractivity contribution is 5.47. The van der Waals surface area contributed by atoms with Crippen molar-refractivity contribution >= 4 is 17.7 Å². The third-order valence-corrected chi connectivity index (χ3v) is 1.42. The second-order valence-electron chi connectivity index (χ2n) is 2.33. The third kappa shape index (κ3) is 0.926. The van der Waals surface area contributed by atoms with E-state index in [0.29, 0.717) is 11.7 Å². The first-order valence-electron chi connectivity index (χ1n) is 3.32. The molecule has 0 amide bonds. The van der Waals surface area contributed by atoms with Crippen molar-refractivity contribution in [2.75, 3.05) is 0 Å². The summed E-state index contributed by atoms with van der Waals surface area (Å²) in [5.41, 5.74) is 0. The number of oxazole rings is 1. The van der Waals surface area contributed by atoms with Crippen LogP contribution >= 0.6 is 0 Å². The highest BCUT2D eigenvalue weighted by atomic mass is 16.4. The Hall–Kier alpha value is -1.87. The predicted octanol–water partition coefficient (Wildman–Crippen LogP) is 1.20. The molecule has 5 nitrogen and oxygen atoms in total. The van der Waals surface area contributed by atoms with E-state index >= 15 is 0 Å². The molecule has 2 aromatic heterocycles. The molecular weight excluding hydrogens is 158 g/mol. The van der Waals surface area contributed by atoms with Gasteiger partial charge in [-0.05, 0) is 6.92 Å². The van der Waals surface area contributed by atoms with E-state index in [1.165, 1.54) is 6.08 Å². The maximum Gasteiger partial charge on any atom is 0.308 e. The smallest absolute Gasteiger partial charge is 0.308 e. The summed E-state index contributed by atoms with van der Waals surface area (Å²) in [5.74, 6) is 1.50. The van der Waals surface area contributed by atoms with Crippen LogP contribution < -0.4 is 0 Å². The Morgan fingerprint density at radius 2 is 2.50 bits per heavy atom. The van der Waals surface area contributed by atoms with Crippen LogP contribution in [0, 0.1) is 6.92 Å². The van der Waals surface area contributed by atoms with Gasteiger partial charge in [0.1, 0.15) is 5.76 Å². The average Bonchev–Trinajstić information content (AvgIpc) is 2.44. The first-order chi connectivity index (χ1) is 5.79. The van der Waals surface area contributed by atoms with Crippen LogP contribution in [-0.4, -0.2) is 15.5 Å². The van der Waals surface area contributed by atoms with Gasteiger partial charge in [-0.1, -0.05) is 0 Å². The number of fused-ring (bicyclic) bond motifs is 1. The lowest BCUT2D eigenvalue weighted by Gasteiger charge is -1.75. The van der Waals surface area contributed by atoms with Gasteiger partial charge in [0.25, 0.3) is 0 Å². The first kappa shape index (κ1) is 6.82. The van der Waals surface area contributed by atoms with Crippen LogP contribution in [0.5, 0.6) is 0 Å². The fourth-order valence-electron chi connectivity index (χ4n) is 0.999. The minimum absolute atomic E-state index is 0.309. The first-order valence-corrected chi connectivity index (χ1v) is 3.32. The zero-order chi connectivity index (χ0) is 8.55. The molecule has 0 aromatic carbocycles. The predicted molar refractivity (Wildman–Crippen MR) is 40.0 cm³/mol. The Kier molecular flexibility index (Phi) is 1.32. The van der Waals surface area contributed by atoms with Gasteiger partial charge in [-0.2, -0.15) is 4.98 Å². The Morgan fingerprint density at radius 1 is 1.67 bits per heavy atom. The number of carbonyl (C=O) groups excluding carboxylic acids is 1. The minimum Gasteiger partial charge on any atom is -0.428 e. The summed E-state index contributed by atoms with van der Waals surface area (Å²) in [6, 6.07) is 0. The third-order valence-electron chi connectivity index (χ3n) is 1.42. The molecule has 2 rings (SSSR count). The topological polar surface area (TPSA) is 59.9 Å². The second kappa shape index (κ2) is 2.32. The fourth-order valence-corrected chi connectivity index (χ4v) is 0.999. The molecule has 0 aliphatic heterocycles. The molecule has 0 saturated heterocycles. The van der Waals surface area contributed by atoms with E-state index in [4.69, 9.17) is 4.42 Å². The van der Waals surface area contributed by atoms with E-state index in [9.17, 15) is 4.79 Å². The van der Waals surface area contributed by atoms with Crippen molar-refractivity contribution in [3.63, 3.8) is 0 Å². The molecule has 0 saturated carbocycles. The zero-order valence-corrected chi connectivity index (χ0v) is 6.31. The number of imidazole rings is 1. The molecule has 0 spiro atoms. The van der Waals surface area contributed by atoms with E-state index in [1.807, 2.05) is 6.92 Å². The molecule has 60 valence electrons. The van der Waals surface area contributed by atoms with E-state index in [1.54, 1.807) is 16.8 Å². The number of aryl methyl sites for hydroxylation is 1. The van der Waals surface area contributed by atoms with E-state index in [0.717, 1.165) is 5.76 Å². The van der Waals surface area contributed by atoms with Gasteiger partial charge >= 0.3 is 5.84 Å². The number of rotatable bonds is 1. The minimum atomic E-state index is 0.309. The van der Waals surface area contributed by atoms with Crippen molar-refractivity contribution in [3.05, 3.63) is 18.2 Å². The van der Waals surface area contributed by atoms with E-state index in [2.05, 4.69) is 9.98 Å². The van der Waals surface area contributed by atoms with Crippen molar-refractivity contribution in [1.29, 1.82) is 0 Å². The highest BCUT2D eigenvalue weighted by Gasteiger charge is 2.03. The summed E-state index contributed by atoms with van der Waals surface area (Å²) in [4.78, 5) is 17.1. The normalized spacial score (nSPS) is 10.1. The number of hydrogen-bond donors (Lipinski definition) is 0. The van der Waals surface area contributed by atoms with Gasteiger partial charge in [-0.25, -0.2) is 4.79 Å². The summed E-state index contributed by atoms with van der Waals surface area (Å²) < 4.78 is 6.82. The molecule has 0 unspecified atom stereocenters. The summed E-state index contributed by atoms with van der Waals surface area (Å²) in [6.07, 6.45) is 4.76. The molecule has 2 aromatic rings. The Morgan fingerprint density at radius 3 is 3.17 bits per heavy atom. The lowest BCUT2D eigenvalue weighted by Crippen LogP contribution is -1.68. The SMILES string of the molecule is Cc1cn2cc(N=C=O)nc2o1. The van der Waals surface area contributed by atoms with Crippen LogP contribution in [0.3, 0.4) is 0 Å².